The van der Waals surface area contributed by atoms with Crippen LogP contribution in [0.2, 0.25) is 0 Å². The maximum absolute atomic E-state index is 12.0. The highest BCUT2D eigenvalue weighted by atomic mass is 16.5. The molecule has 2 bridgehead atoms. The molecule has 0 radical (unpaired) electrons. The molecule has 1 amide bonds. The molecule has 2 unspecified atom stereocenters. The average molecular weight is 293 g/mol. The molecule has 0 saturated carbocycles. The van der Waals surface area contributed by atoms with E-state index in [1.54, 1.807) is 13.0 Å². The molecule has 0 N–H and O–H groups in total. The molecule has 0 aromatic rings. The first-order valence-electron chi connectivity index (χ1n) is 6.36. The van der Waals surface area contributed by atoms with E-state index in [0.717, 1.165) is 4.90 Å². The molecule has 2 aliphatic heterocycles. The van der Waals surface area contributed by atoms with Gasteiger partial charge in [-0.2, -0.15) is 21.0 Å². The number of hydrogen-bond donors (Lipinski definition) is 0. The summed E-state index contributed by atoms with van der Waals surface area (Å²) in [4.78, 5) is 13.1. The van der Waals surface area contributed by atoms with E-state index in [4.69, 9.17) is 0 Å². The third-order valence-corrected chi connectivity index (χ3v) is 4.23. The Hall–Kier alpha value is -3.29. The van der Waals surface area contributed by atoms with Crippen LogP contribution in [0.4, 0.5) is 4.79 Å². The van der Waals surface area contributed by atoms with E-state index >= 15 is 0 Å². The maximum Gasteiger partial charge on any atom is 0.414 e. The van der Waals surface area contributed by atoms with Crippen molar-refractivity contribution >= 4 is 6.09 Å². The highest BCUT2D eigenvalue weighted by molar-refractivity contribution is 5.71. The van der Waals surface area contributed by atoms with Crippen molar-refractivity contribution in [2.24, 2.45) is 16.7 Å². The van der Waals surface area contributed by atoms with Crippen molar-refractivity contribution in [3.05, 3.63) is 23.9 Å². The summed E-state index contributed by atoms with van der Waals surface area (Å²) < 4.78 is 4.69. The van der Waals surface area contributed by atoms with Gasteiger partial charge in [0.1, 0.15) is 0 Å². The van der Waals surface area contributed by atoms with Gasteiger partial charge in [0, 0.05) is 12.1 Å². The van der Waals surface area contributed by atoms with Crippen molar-refractivity contribution in [3.63, 3.8) is 0 Å². The molecule has 0 spiro atoms. The molecule has 1 aliphatic carbocycles. The van der Waals surface area contributed by atoms with E-state index in [1.807, 2.05) is 24.3 Å². The molecule has 108 valence electrons. The first kappa shape index (κ1) is 15.1. The van der Waals surface area contributed by atoms with Crippen LogP contribution in [0.5, 0.6) is 0 Å². The van der Waals surface area contributed by atoms with E-state index in [9.17, 15) is 25.8 Å². The van der Waals surface area contributed by atoms with Gasteiger partial charge in [-0.25, -0.2) is 4.79 Å². The molecular formula is C15H11N5O2. The van der Waals surface area contributed by atoms with Crippen LogP contribution in [0.25, 0.3) is 0 Å². The minimum atomic E-state index is -2.02. The Kier molecular flexibility index (Phi) is 3.38. The van der Waals surface area contributed by atoms with Crippen LogP contribution < -0.4 is 0 Å². The quantitative estimate of drug-likeness (QED) is 0.624. The molecule has 3 rings (SSSR count). The molecule has 0 saturated heterocycles. The fourth-order valence-corrected chi connectivity index (χ4v) is 3.16. The van der Waals surface area contributed by atoms with Crippen molar-refractivity contribution < 1.29 is 9.53 Å². The number of fused-ring (bicyclic) bond motifs is 2. The molecule has 0 aromatic carbocycles. The average Bonchev–Trinajstić information content (AvgIpc) is 2.79. The minimum absolute atomic E-state index is 0.560. The molecule has 22 heavy (non-hydrogen) atoms. The van der Waals surface area contributed by atoms with Crippen LogP contribution in [0.1, 0.15) is 6.92 Å². The molecule has 3 aliphatic rings. The van der Waals surface area contributed by atoms with E-state index in [0.29, 0.717) is 5.57 Å². The Morgan fingerprint density at radius 2 is 1.73 bits per heavy atom. The van der Waals surface area contributed by atoms with Crippen molar-refractivity contribution in [2.45, 2.75) is 13.0 Å². The number of carbonyl (C=O) groups is 1. The lowest BCUT2D eigenvalue weighted by atomic mass is 9.53. The summed E-state index contributed by atoms with van der Waals surface area (Å²) in [5.41, 5.74) is -3.36. The largest absolute Gasteiger partial charge is 0.452 e. The third-order valence-electron chi connectivity index (χ3n) is 4.23. The summed E-state index contributed by atoms with van der Waals surface area (Å²) in [5, 5.41) is 38.5. The number of carbonyl (C=O) groups excluding carboxylic acids is 1. The van der Waals surface area contributed by atoms with Crippen molar-refractivity contribution in [2.75, 3.05) is 7.11 Å². The van der Waals surface area contributed by atoms with Gasteiger partial charge in [-0.05, 0) is 6.92 Å². The molecular weight excluding hydrogens is 282 g/mol. The number of hydrogen-bond acceptors (Lipinski definition) is 6. The highest BCUT2D eigenvalue weighted by Crippen LogP contribution is 2.55. The zero-order chi connectivity index (χ0) is 16.5. The summed E-state index contributed by atoms with van der Waals surface area (Å²) >= 11 is 0. The summed E-state index contributed by atoms with van der Waals surface area (Å²) in [6.45, 7) is 1.66. The van der Waals surface area contributed by atoms with Gasteiger partial charge in [0.05, 0.1) is 37.4 Å². The second-order valence-corrected chi connectivity index (χ2v) is 5.12. The van der Waals surface area contributed by atoms with Crippen LogP contribution >= 0.6 is 0 Å². The SMILES string of the molecule is COC(=O)N1C=CC2C=C(C)C1C(C#N)(C#N)C2(C#N)C#N. The minimum Gasteiger partial charge on any atom is -0.452 e. The predicted molar refractivity (Wildman–Crippen MR) is 71.7 cm³/mol. The number of rotatable bonds is 0. The topological polar surface area (TPSA) is 125 Å². The van der Waals surface area contributed by atoms with Crippen LogP contribution in [0.15, 0.2) is 23.9 Å². The number of ether oxygens (including phenoxy) is 1. The summed E-state index contributed by atoms with van der Waals surface area (Å²) in [7, 11) is 1.18. The smallest absolute Gasteiger partial charge is 0.414 e. The van der Waals surface area contributed by atoms with Crippen LogP contribution in [-0.2, 0) is 4.74 Å². The number of nitrogens with zero attached hydrogens (tertiary/aromatic N) is 5. The van der Waals surface area contributed by atoms with Gasteiger partial charge in [0.2, 0.25) is 5.41 Å². The molecule has 2 atom stereocenters. The summed E-state index contributed by atoms with van der Waals surface area (Å²) in [5.74, 6) is -0.771. The third kappa shape index (κ3) is 1.48. The molecule has 7 nitrogen and oxygen atoms in total. The number of amides is 1. The fraction of sp³-hybridized carbons (Fsp3) is 0.400. The second kappa shape index (κ2) is 4.92. The van der Waals surface area contributed by atoms with Crippen LogP contribution in [0, 0.1) is 62.1 Å². The van der Waals surface area contributed by atoms with Gasteiger partial charge >= 0.3 is 6.09 Å². The normalized spacial score (nSPS) is 26.5. The first-order chi connectivity index (χ1) is 10.5. The van der Waals surface area contributed by atoms with E-state index in [1.165, 1.54) is 19.4 Å². The van der Waals surface area contributed by atoms with Gasteiger partial charge in [-0.1, -0.05) is 17.7 Å². The van der Waals surface area contributed by atoms with Crippen LogP contribution in [-0.4, -0.2) is 24.1 Å². The lowest BCUT2D eigenvalue weighted by molar-refractivity contribution is 0.0958. The van der Waals surface area contributed by atoms with E-state index in [2.05, 4.69) is 4.74 Å². The molecule has 7 heteroatoms. The zero-order valence-electron chi connectivity index (χ0n) is 11.9. The van der Waals surface area contributed by atoms with Gasteiger partial charge in [-0.15, -0.1) is 0 Å². The van der Waals surface area contributed by atoms with Gasteiger partial charge < -0.3 is 4.74 Å². The number of methoxy groups -OCH3 is 1. The highest BCUT2D eigenvalue weighted by Gasteiger charge is 2.67. The second-order valence-electron chi connectivity index (χ2n) is 5.12. The standard InChI is InChI=1S/C15H11N5O2/c1-10-5-11-3-4-20(13(21)22-2)12(10)15(8-18,9-19)14(11,6-16)7-17/h3-5,11-12H,1-2H3. The van der Waals surface area contributed by atoms with E-state index < -0.39 is 28.9 Å². The van der Waals surface area contributed by atoms with Gasteiger partial charge in [0.25, 0.3) is 0 Å². The van der Waals surface area contributed by atoms with Crippen molar-refractivity contribution in [1.29, 1.82) is 21.0 Å². The Labute approximate surface area is 127 Å². The lowest BCUT2D eigenvalue weighted by Gasteiger charge is -2.44. The van der Waals surface area contributed by atoms with Gasteiger partial charge in [-0.3, -0.25) is 4.90 Å². The monoisotopic (exact) mass is 293 g/mol. The summed E-state index contributed by atoms with van der Waals surface area (Å²) in [6, 6.07) is 6.30. The van der Waals surface area contributed by atoms with Crippen molar-refractivity contribution in [1.82, 2.24) is 4.90 Å². The van der Waals surface area contributed by atoms with Gasteiger partial charge in [0.15, 0.2) is 5.41 Å². The Morgan fingerprint density at radius 1 is 1.18 bits per heavy atom. The number of allylic oxidation sites excluding steroid dienone is 2. The lowest BCUT2D eigenvalue weighted by Crippen LogP contribution is -2.58. The van der Waals surface area contributed by atoms with Crippen LogP contribution in [0.3, 0.4) is 0 Å². The fourth-order valence-electron chi connectivity index (χ4n) is 3.16. The Balaban J connectivity index is 2.86. The number of nitriles is 4. The van der Waals surface area contributed by atoms with Crippen molar-refractivity contribution in [3.8, 4) is 24.3 Å². The maximum atomic E-state index is 12.0. The Bertz CT molecular complexity index is 725. The predicted octanol–water partition coefficient (Wildman–Crippen LogP) is 1.59. The molecule has 0 fully saturated rings. The first-order valence-corrected chi connectivity index (χ1v) is 6.36. The Morgan fingerprint density at radius 3 is 2.18 bits per heavy atom. The summed E-state index contributed by atoms with van der Waals surface area (Å²) in [6.07, 6.45) is 3.72. The van der Waals surface area contributed by atoms with E-state index in [-0.39, 0.29) is 0 Å². The molecule has 0 aromatic heterocycles. The zero-order valence-corrected chi connectivity index (χ0v) is 11.9. The molecule has 2 heterocycles.